The highest BCUT2D eigenvalue weighted by Crippen LogP contribution is 2.30. The van der Waals surface area contributed by atoms with E-state index in [1.165, 1.54) is 0 Å². The minimum absolute atomic E-state index is 0.455. The van der Waals surface area contributed by atoms with Crippen LogP contribution in [0.2, 0.25) is 5.15 Å². The molecule has 0 spiro atoms. The van der Waals surface area contributed by atoms with Crippen molar-refractivity contribution in [2.75, 3.05) is 13.1 Å². The molecule has 3 aromatic rings. The fourth-order valence-corrected chi connectivity index (χ4v) is 3.28. The number of nitrogens with zero attached hydrogens (tertiary/aromatic N) is 4. The summed E-state index contributed by atoms with van der Waals surface area (Å²) in [7, 11) is 0. The highest BCUT2D eigenvalue weighted by Gasteiger charge is 2.32. The number of aromatic nitrogens is 3. The van der Waals surface area contributed by atoms with Gasteiger partial charge in [0.05, 0.1) is 17.6 Å². The van der Waals surface area contributed by atoms with E-state index >= 15 is 0 Å². The van der Waals surface area contributed by atoms with Gasteiger partial charge in [-0.05, 0) is 19.1 Å². The van der Waals surface area contributed by atoms with Crippen molar-refractivity contribution >= 4 is 11.6 Å². The molecule has 0 amide bonds. The number of hydrogen-bond acceptors (Lipinski definition) is 4. The second-order valence-electron chi connectivity index (χ2n) is 5.98. The first-order chi connectivity index (χ1) is 11.2. The molecule has 1 aromatic carbocycles. The third kappa shape index (κ3) is 2.66. The van der Waals surface area contributed by atoms with Crippen LogP contribution < -0.4 is 0 Å². The zero-order valence-electron chi connectivity index (χ0n) is 12.8. The summed E-state index contributed by atoms with van der Waals surface area (Å²) < 4.78 is 6.80. The van der Waals surface area contributed by atoms with Gasteiger partial charge in [0.2, 0.25) is 0 Å². The molecule has 2 aromatic heterocycles. The van der Waals surface area contributed by atoms with Crippen LogP contribution in [0.15, 0.2) is 47.3 Å². The molecule has 5 nitrogen and oxygen atoms in total. The Balaban J connectivity index is 1.43. The number of benzene rings is 1. The monoisotopic (exact) mass is 328 g/mol. The molecule has 6 heteroatoms. The molecule has 0 aliphatic carbocycles. The summed E-state index contributed by atoms with van der Waals surface area (Å²) in [6.45, 7) is 4.79. The van der Waals surface area contributed by atoms with E-state index in [0.29, 0.717) is 11.1 Å². The van der Waals surface area contributed by atoms with Gasteiger partial charge < -0.3 is 4.52 Å². The Labute approximate surface area is 139 Å². The topological polar surface area (TPSA) is 47.1 Å². The van der Waals surface area contributed by atoms with E-state index < -0.39 is 0 Å². The number of likely N-dealkylation sites (tertiary alicyclic amines) is 1. The van der Waals surface area contributed by atoms with Crippen LogP contribution in [-0.2, 0) is 6.54 Å². The molecule has 0 saturated carbocycles. The summed E-state index contributed by atoms with van der Waals surface area (Å²) in [4.78, 5) is 2.34. The zero-order chi connectivity index (χ0) is 15.8. The van der Waals surface area contributed by atoms with Crippen LogP contribution in [0.25, 0.3) is 5.69 Å². The average molecular weight is 329 g/mol. The van der Waals surface area contributed by atoms with Crippen molar-refractivity contribution < 1.29 is 4.52 Å². The minimum atomic E-state index is 0.455. The van der Waals surface area contributed by atoms with Gasteiger partial charge >= 0.3 is 0 Å². The molecule has 1 saturated heterocycles. The van der Waals surface area contributed by atoms with Crippen molar-refractivity contribution in [3.05, 3.63) is 64.8 Å². The lowest BCUT2D eigenvalue weighted by Crippen LogP contribution is -2.44. The Morgan fingerprint density at radius 2 is 2.04 bits per heavy atom. The Bertz CT molecular complexity index is 805. The van der Waals surface area contributed by atoms with Gasteiger partial charge in [-0.25, -0.2) is 4.68 Å². The van der Waals surface area contributed by atoms with E-state index in [1.54, 1.807) is 10.9 Å². The first kappa shape index (κ1) is 14.5. The fraction of sp³-hybridized carbons (Fsp3) is 0.294. The van der Waals surface area contributed by atoms with Crippen molar-refractivity contribution in [3.63, 3.8) is 0 Å². The van der Waals surface area contributed by atoms with Crippen LogP contribution in [0.4, 0.5) is 0 Å². The van der Waals surface area contributed by atoms with Crippen LogP contribution in [0.5, 0.6) is 0 Å². The lowest BCUT2D eigenvalue weighted by atomic mass is 9.94. The SMILES string of the molecule is Cc1conc1C1CN(Cc2cnn(-c3ccccc3)c2Cl)C1. The molecule has 0 bridgehead atoms. The smallest absolute Gasteiger partial charge is 0.137 e. The van der Waals surface area contributed by atoms with E-state index in [4.69, 9.17) is 16.1 Å². The van der Waals surface area contributed by atoms with Gasteiger partial charge in [-0.2, -0.15) is 5.10 Å². The highest BCUT2D eigenvalue weighted by molar-refractivity contribution is 6.30. The largest absolute Gasteiger partial charge is 0.364 e. The average Bonchev–Trinajstić information content (AvgIpc) is 3.10. The van der Waals surface area contributed by atoms with E-state index in [0.717, 1.165) is 42.1 Å². The lowest BCUT2D eigenvalue weighted by Gasteiger charge is -2.38. The quantitative estimate of drug-likeness (QED) is 0.736. The highest BCUT2D eigenvalue weighted by atomic mass is 35.5. The molecule has 1 aliphatic rings. The van der Waals surface area contributed by atoms with Gasteiger partial charge in [0, 0.05) is 36.7 Å². The second kappa shape index (κ2) is 5.83. The Hall–Kier alpha value is -2.11. The van der Waals surface area contributed by atoms with Crippen LogP contribution >= 0.6 is 11.6 Å². The van der Waals surface area contributed by atoms with Crippen LogP contribution in [-0.4, -0.2) is 32.9 Å². The number of hydrogen-bond donors (Lipinski definition) is 0. The predicted octanol–water partition coefficient (Wildman–Crippen LogP) is 3.42. The predicted molar refractivity (Wildman–Crippen MR) is 87.8 cm³/mol. The molecule has 1 aliphatic heterocycles. The Morgan fingerprint density at radius 3 is 2.74 bits per heavy atom. The van der Waals surface area contributed by atoms with E-state index in [2.05, 4.69) is 15.2 Å². The number of rotatable bonds is 4. The maximum absolute atomic E-state index is 6.49. The van der Waals surface area contributed by atoms with Gasteiger partial charge in [0.1, 0.15) is 11.4 Å². The minimum Gasteiger partial charge on any atom is -0.364 e. The van der Waals surface area contributed by atoms with Gasteiger partial charge in [0.25, 0.3) is 0 Å². The molecule has 0 atom stereocenters. The van der Waals surface area contributed by atoms with Gasteiger partial charge in [0.15, 0.2) is 0 Å². The molecular weight excluding hydrogens is 312 g/mol. The second-order valence-corrected chi connectivity index (χ2v) is 6.34. The number of para-hydroxylation sites is 1. The maximum atomic E-state index is 6.49. The molecule has 0 radical (unpaired) electrons. The van der Waals surface area contributed by atoms with Crippen molar-refractivity contribution in [2.45, 2.75) is 19.4 Å². The molecule has 0 unspecified atom stereocenters. The van der Waals surface area contributed by atoms with Crippen molar-refractivity contribution in [2.24, 2.45) is 0 Å². The van der Waals surface area contributed by atoms with Crippen molar-refractivity contribution in [1.82, 2.24) is 19.8 Å². The Kier molecular flexibility index (Phi) is 3.67. The van der Waals surface area contributed by atoms with E-state index in [9.17, 15) is 0 Å². The molecular formula is C17H17ClN4O. The molecule has 3 heterocycles. The number of halogens is 1. The summed E-state index contributed by atoms with van der Waals surface area (Å²) in [5.41, 5.74) is 4.23. The molecule has 0 N–H and O–H groups in total. The Morgan fingerprint density at radius 1 is 1.26 bits per heavy atom. The van der Waals surface area contributed by atoms with Crippen LogP contribution in [0, 0.1) is 6.92 Å². The van der Waals surface area contributed by atoms with Crippen LogP contribution in [0.1, 0.15) is 22.7 Å². The first-order valence-corrected chi connectivity index (χ1v) is 8.01. The van der Waals surface area contributed by atoms with Crippen LogP contribution in [0.3, 0.4) is 0 Å². The summed E-state index contributed by atoms with van der Waals surface area (Å²) in [5.74, 6) is 0.455. The summed E-state index contributed by atoms with van der Waals surface area (Å²) in [5, 5.41) is 9.19. The summed E-state index contributed by atoms with van der Waals surface area (Å²) in [6.07, 6.45) is 3.56. The standard InChI is InChI=1S/C17H17ClN4O/c1-12-11-23-20-16(12)14-9-21(10-14)8-13-7-19-22(17(13)18)15-5-3-2-4-6-15/h2-7,11,14H,8-10H2,1H3. The molecule has 23 heavy (non-hydrogen) atoms. The molecule has 118 valence electrons. The third-order valence-electron chi connectivity index (χ3n) is 4.30. The summed E-state index contributed by atoms with van der Waals surface area (Å²) in [6, 6.07) is 9.93. The first-order valence-electron chi connectivity index (χ1n) is 7.63. The number of aryl methyl sites for hydroxylation is 1. The van der Waals surface area contributed by atoms with Gasteiger partial charge in [-0.1, -0.05) is 35.0 Å². The lowest BCUT2D eigenvalue weighted by molar-refractivity contribution is 0.134. The third-order valence-corrected chi connectivity index (χ3v) is 4.71. The van der Waals surface area contributed by atoms with Gasteiger partial charge in [-0.15, -0.1) is 0 Å². The normalized spacial score (nSPS) is 15.7. The van der Waals surface area contributed by atoms with E-state index in [1.807, 2.05) is 43.5 Å². The van der Waals surface area contributed by atoms with Crippen molar-refractivity contribution in [3.8, 4) is 5.69 Å². The molecule has 1 fully saturated rings. The zero-order valence-corrected chi connectivity index (χ0v) is 13.6. The van der Waals surface area contributed by atoms with Gasteiger partial charge in [-0.3, -0.25) is 4.90 Å². The maximum Gasteiger partial charge on any atom is 0.137 e. The van der Waals surface area contributed by atoms with E-state index in [-0.39, 0.29) is 0 Å². The van der Waals surface area contributed by atoms with Crippen molar-refractivity contribution in [1.29, 1.82) is 0 Å². The molecule has 4 rings (SSSR count). The fourth-order valence-electron chi connectivity index (χ4n) is 3.03. The summed E-state index contributed by atoms with van der Waals surface area (Å²) >= 11 is 6.49.